The Balaban J connectivity index is 2.08. The first-order valence-electron chi connectivity index (χ1n) is 5.63. The van der Waals surface area contributed by atoms with Gasteiger partial charge in [0.1, 0.15) is 18.4 Å². The Bertz CT molecular complexity index is 586. The van der Waals surface area contributed by atoms with Crippen LogP contribution in [0.15, 0.2) is 34.8 Å². The molecule has 4 heteroatoms. The number of ether oxygens (including phenoxy) is 1. The summed E-state index contributed by atoms with van der Waals surface area (Å²) in [6.45, 7) is 2.65. The largest absolute Gasteiger partial charge is 0.487 e. The molecule has 1 aromatic carbocycles. The molecular weight excluding hydrogens is 310 g/mol. The first kappa shape index (κ1) is 13.1. The van der Waals surface area contributed by atoms with Crippen molar-refractivity contribution in [3.63, 3.8) is 0 Å². The van der Waals surface area contributed by atoms with E-state index in [4.69, 9.17) is 10.00 Å². The van der Waals surface area contributed by atoms with Crippen LogP contribution in [0.25, 0.3) is 0 Å². The molecule has 1 heterocycles. The highest BCUT2D eigenvalue weighted by molar-refractivity contribution is 9.10. The fraction of sp³-hybridized carbons (Fsp3) is 0.214. The lowest BCUT2D eigenvalue weighted by atomic mass is 10.2. The smallest absolute Gasteiger partial charge is 0.137 e. The summed E-state index contributed by atoms with van der Waals surface area (Å²) in [6, 6.07) is 11.8. The predicted octanol–water partition coefficient (Wildman–Crippen LogP) is 4.52. The van der Waals surface area contributed by atoms with Gasteiger partial charge in [-0.05, 0) is 36.8 Å². The van der Waals surface area contributed by atoms with E-state index >= 15 is 0 Å². The van der Waals surface area contributed by atoms with Gasteiger partial charge in [0.25, 0.3) is 0 Å². The first-order valence-corrected chi connectivity index (χ1v) is 7.24. The number of aryl methyl sites for hydroxylation is 1. The van der Waals surface area contributed by atoms with E-state index in [0.717, 1.165) is 10.9 Å². The topological polar surface area (TPSA) is 33.0 Å². The number of benzene rings is 1. The van der Waals surface area contributed by atoms with Crippen LogP contribution in [0.5, 0.6) is 5.75 Å². The maximum Gasteiger partial charge on any atom is 0.137 e. The van der Waals surface area contributed by atoms with Crippen molar-refractivity contribution < 1.29 is 4.74 Å². The Labute approximate surface area is 119 Å². The van der Waals surface area contributed by atoms with Gasteiger partial charge in [0, 0.05) is 14.2 Å². The molecule has 0 fully saturated rings. The minimum atomic E-state index is 0.515. The average Bonchev–Trinajstić information content (AvgIpc) is 2.85. The van der Waals surface area contributed by atoms with Crippen molar-refractivity contribution in [2.45, 2.75) is 20.0 Å². The molecule has 0 atom stereocenters. The molecule has 18 heavy (non-hydrogen) atoms. The summed E-state index contributed by atoms with van der Waals surface area (Å²) < 4.78 is 6.58. The number of nitriles is 1. The lowest BCUT2D eigenvalue weighted by Crippen LogP contribution is -1.95. The molecule has 0 amide bonds. The zero-order valence-corrected chi connectivity index (χ0v) is 12.3. The van der Waals surface area contributed by atoms with Crippen molar-refractivity contribution in [2.24, 2.45) is 0 Å². The highest BCUT2D eigenvalue weighted by Gasteiger charge is 2.05. The normalized spacial score (nSPS) is 10.1. The summed E-state index contributed by atoms with van der Waals surface area (Å²) in [5, 5.41) is 9.03. The Morgan fingerprint density at radius 3 is 2.72 bits per heavy atom. The van der Waals surface area contributed by atoms with Crippen LogP contribution >= 0.6 is 27.3 Å². The zero-order chi connectivity index (χ0) is 13.0. The van der Waals surface area contributed by atoms with Crippen molar-refractivity contribution in [1.29, 1.82) is 5.26 Å². The molecule has 0 spiro atoms. The summed E-state index contributed by atoms with van der Waals surface area (Å²) in [5.41, 5.74) is 0.552. The van der Waals surface area contributed by atoms with Gasteiger partial charge < -0.3 is 4.74 Å². The standard InChI is InChI=1S/C14H12BrNOS/c1-2-12-4-5-13(18-12)9-17-14-6-3-11(15)7-10(14)8-16/h3-7H,2,9H2,1H3. The summed E-state index contributed by atoms with van der Waals surface area (Å²) in [5.74, 6) is 0.632. The van der Waals surface area contributed by atoms with E-state index in [-0.39, 0.29) is 0 Å². The van der Waals surface area contributed by atoms with E-state index in [1.165, 1.54) is 9.75 Å². The quantitative estimate of drug-likeness (QED) is 0.829. The van der Waals surface area contributed by atoms with Crippen molar-refractivity contribution in [1.82, 2.24) is 0 Å². The SMILES string of the molecule is CCc1ccc(COc2ccc(Br)cc2C#N)s1. The number of halogens is 1. The number of rotatable bonds is 4. The molecule has 2 aromatic rings. The number of hydrogen-bond donors (Lipinski definition) is 0. The van der Waals surface area contributed by atoms with Gasteiger partial charge in [0.05, 0.1) is 5.56 Å². The summed E-state index contributed by atoms with van der Waals surface area (Å²) in [7, 11) is 0. The first-order chi connectivity index (χ1) is 8.72. The minimum absolute atomic E-state index is 0.515. The molecule has 0 aliphatic heterocycles. The maximum absolute atomic E-state index is 9.03. The van der Waals surface area contributed by atoms with Crippen LogP contribution in [0.4, 0.5) is 0 Å². The second-order valence-corrected chi connectivity index (χ2v) is 5.93. The molecule has 0 radical (unpaired) electrons. The number of nitrogens with zero attached hydrogens (tertiary/aromatic N) is 1. The molecule has 0 aliphatic rings. The van der Waals surface area contributed by atoms with Crippen LogP contribution in [0.1, 0.15) is 22.2 Å². The Morgan fingerprint density at radius 1 is 1.28 bits per heavy atom. The van der Waals surface area contributed by atoms with Crippen LogP contribution in [0, 0.1) is 11.3 Å². The third-order valence-corrected chi connectivity index (χ3v) is 4.19. The van der Waals surface area contributed by atoms with Gasteiger partial charge in [0.15, 0.2) is 0 Å². The molecular formula is C14H12BrNOS. The van der Waals surface area contributed by atoms with Gasteiger partial charge in [-0.3, -0.25) is 0 Å². The molecule has 0 aliphatic carbocycles. The van der Waals surface area contributed by atoms with Gasteiger partial charge in [0.2, 0.25) is 0 Å². The molecule has 0 unspecified atom stereocenters. The highest BCUT2D eigenvalue weighted by Crippen LogP contribution is 2.24. The lowest BCUT2D eigenvalue weighted by Gasteiger charge is -2.06. The van der Waals surface area contributed by atoms with E-state index in [2.05, 4.69) is 41.1 Å². The van der Waals surface area contributed by atoms with Crippen LogP contribution in [0.2, 0.25) is 0 Å². The minimum Gasteiger partial charge on any atom is -0.487 e. The molecule has 0 saturated heterocycles. The van der Waals surface area contributed by atoms with Crippen LogP contribution in [-0.2, 0) is 13.0 Å². The van der Waals surface area contributed by atoms with Crippen molar-refractivity contribution in [3.05, 3.63) is 50.1 Å². The van der Waals surface area contributed by atoms with E-state index in [9.17, 15) is 0 Å². The van der Waals surface area contributed by atoms with Crippen LogP contribution in [0.3, 0.4) is 0 Å². The van der Waals surface area contributed by atoms with Gasteiger partial charge in [-0.1, -0.05) is 22.9 Å². The second-order valence-electron chi connectivity index (χ2n) is 3.76. The van der Waals surface area contributed by atoms with Gasteiger partial charge >= 0.3 is 0 Å². The maximum atomic E-state index is 9.03. The third-order valence-electron chi connectivity index (χ3n) is 2.50. The number of thiophene rings is 1. The summed E-state index contributed by atoms with van der Waals surface area (Å²) in [6.07, 6.45) is 1.05. The Hall–Kier alpha value is -1.31. The average molecular weight is 322 g/mol. The van der Waals surface area contributed by atoms with E-state index in [1.54, 1.807) is 17.4 Å². The van der Waals surface area contributed by atoms with E-state index in [1.807, 2.05) is 12.1 Å². The lowest BCUT2D eigenvalue weighted by molar-refractivity contribution is 0.309. The van der Waals surface area contributed by atoms with Crippen molar-refractivity contribution in [3.8, 4) is 11.8 Å². The predicted molar refractivity (Wildman–Crippen MR) is 76.9 cm³/mol. The molecule has 92 valence electrons. The van der Waals surface area contributed by atoms with Crippen LogP contribution < -0.4 is 4.74 Å². The van der Waals surface area contributed by atoms with Gasteiger partial charge in [-0.25, -0.2) is 0 Å². The van der Waals surface area contributed by atoms with Gasteiger partial charge in [-0.2, -0.15) is 5.26 Å². The van der Waals surface area contributed by atoms with Crippen molar-refractivity contribution in [2.75, 3.05) is 0 Å². The van der Waals surface area contributed by atoms with Crippen LogP contribution in [-0.4, -0.2) is 0 Å². The monoisotopic (exact) mass is 321 g/mol. The molecule has 1 aromatic heterocycles. The van der Waals surface area contributed by atoms with Crippen molar-refractivity contribution >= 4 is 27.3 Å². The van der Waals surface area contributed by atoms with E-state index in [0.29, 0.717) is 17.9 Å². The fourth-order valence-corrected chi connectivity index (χ4v) is 2.79. The summed E-state index contributed by atoms with van der Waals surface area (Å²) in [4.78, 5) is 2.53. The Morgan fingerprint density at radius 2 is 2.06 bits per heavy atom. The Kier molecular flexibility index (Phi) is 4.40. The second kappa shape index (κ2) is 6.03. The molecule has 0 bridgehead atoms. The molecule has 2 rings (SSSR count). The highest BCUT2D eigenvalue weighted by atomic mass is 79.9. The third kappa shape index (κ3) is 3.12. The fourth-order valence-electron chi connectivity index (χ4n) is 1.55. The molecule has 0 N–H and O–H groups in total. The van der Waals surface area contributed by atoms with E-state index < -0.39 is 0 Å². The molecule has 2 nitrogen and oxygen atoms in total. The van der Waals surface area contributed by atoms with Gasteiger partial charge in [-0.15, -0.1) is 11.3 Å². The number of hydrogen-bond acceptors (Lipinski definition) is 3. The molecule has 0 saturated carbocycles. The summed E-state index contributed by atoms with van der Waals surface area (Å²) >= 11 is 5.09. The zero-order valence-electron chi connectivity index (χ0n) is 9.94.